The summed E-state index contributed by atoms with van der Waals surface area (Å²) >= 11 is 0. The molecule has 1 fully saturated rings. The number of nitrogens with zero attached hydrogens (tertiary/aromatic N) is 2. The van der Waals surface area contributed by atoms with Crippen LogP contribution in [-0.2, 0) is 4.79 Å². The van der Waals surface area contributed by atoms with Gasteiger partial charge in [-0.2, -0.15) is 0 Å². The number of rotatable bonds is 6. The van der Waals surface area contributed by atoms with Crippen LogP contribution in [0.1, 0.15) is 57.9 Å². The lowest BCUT2D eigenvalue weighted by atomic mass is 9.91. The molecule has 1 aliphatic heterocycles. The van der Waals surface area contributed by atoms with Crippen molar-refractivity contribution in [2.45, 2.75) is 64.5 Å². The van der Waals surface area contributed by atoms with E-state index >= 15 is 0 Å². The van der Waals surface area contributed by atoms with Crippen LogP contribution in [0.25, 0.3) is 0 Å². The first-order valence-electron chi connectivity index (χ1n) is 9.10. The fourth-order valence-electron chi connectivity index (χ4n) is 3.62. The number of hydrogen-bond donors (Lipinski definition) is 0. The first-order valence-corrected chi connectivity index (χ1v) is 9.10. The maximum atomic E-state index is 13.1. The highest BCUT2D eigenvalue weighted by molar-refractivity contribution is 5.83. The van der Waals surface area contributed by atoms with Crippen molar-refractivity contribution in [1.82, 2.24) is 9.80 Å². The quantitative estimate of drug-likeness (QED) is 0.794. The first-order chi connectivity index (χ1) is 11.0. The lowest BCUT2D eigenvalue weighted by Crippen LogP contribution is -2.48. The van der Waals surface area contributed by atoms with Crippen molar-refractivity contribution in [2.24, 2.45) is 0 Å². The molecule has 1 atom stereocenters. The lowest BCUT2D eigenvalue weighted by Gasteiger charge is -2.39. The molecule has 23 heavy (non-hydrogen) atoms. The monoisotopic (exact) mass is 316 g/mol. The zero-order chi connectivity index (χ0) is 16.8. The number of likely N-dealkylation sites (N-methyl/N-ethyl adjacent to an activating group) is 1. The molecule has 3 heteroatoms. The third kappa shape index (κ3) is 4.57. The Hall–Kier alpha value is -1.35. The summed E-state index contributed by atoms with van der Waals surface area (Å²) in [5.74, 6) is 0.301. The average molecular weight is 316 g/mol. The maximum absolute atomic E-state index is 13.1. The van der Waals surface area contributed by atoms with Gasteiger partial charge in [-0.1, -0.05) is 43.7 Å². The maximum Gasteiger partial charge on any atom is 0.230 e. The van der Waals surface area contributed by atoms with Gasteiger partial charge in [-0.05, 0) is 38.7 Å². The highest BCUT2D eigenvalue weighted by atomic mass is 16.2. The Morgan fingerprint density at radius 2 is 1.83 bits per heavy atom. The molecule has 0 bridgehead atoms. The van der Waals surface area contributed by atoms with Gasteiger partial charge in [0.15, 0.2) is 0 Å². The van der Waals surface area contributed by atoms with E-state index in [1.165, 1.54) is 0 Å². The predicted octanol–water partition coefficient (Wildman–Crippen LogP) is 3.90. The van der Waals surface area contributed by atoms with E-state index in [2.05, 4.69) is 37.8 Å². The van der Waals surface area contributed by atoms with Crippen LogP contribution in [0.4, 0.5) is 0 Å². The van der Waals surface area contributed by atoms with Gasteiger partial charge >= 0.3 is 0 Å². The van der Waals surface area contributed by atoms with Gasteiger partial charge in [-0.15, -0.1) is 0 Å². The Morgan fingerprint density at radius 3 is 2.35 bits per heavy atom. The summed E-state index contributed by atoms with van der Waals surface area (Å²) in [5.41, 5.74) is 1.16. The molecule has 1 unspecified atom stereocenters. The summed E-state index contributed by atoms with van der Waals surface area (Å²) in [5, 5.41) is 0. The Bertz CT molecular complexity index is 478. The van der Waals surface area contributed by atoms with E-state index in [1.54, 1.807) is 0 Å². The molecular weight excluding hydrogens is 284 g/mol. The van der Waals surface area contributed by atoms with Crippen LogP contribution in [0.2, 0.25) is 0 Å². The standard InChI is InChI=1S/C20H32N2O/c1-5-9-19(17-10-7-6-8-11-17)20(23)21(4)18-12-14-22(15-13-18)16(2)3/h6-8,10-11,16,18-19H,5,9,12-15H2,1-4H3. The van der Waals surface area contributed by atoms with Gasteiger partial charge in [-0.25, -0.2) is 0 Å². The summed E-state index contributed by atoms with van der Waals surface area (Å²) in [6, 6.07) is 11.3. The molecule has 0 saturated carbocycles. The summed E-state index contributed by atoms with van der Waals surface area (Å²) in [4.78, 5) is 17.6. The van der Waals surface area contributed by atoms with Crippen molar-refractivity contribution < 1.29 is 4.79 Å². The number of hydrogen-bond acceptors (Lipinski definition) is 2. The Balaban J connectivity index is 2.02. The van der Waals surface area contributed by atoms with Crippen molar-refractivity contribution >= 4 is 5.91 Å². The second kappa shape index (κ2) is 8.49. The van der Waals surface area contributed by atoms with Crippen LogP contribution in [0, 0.1) is 0 Å². The first kappa shape index (κ1) is 18.0. The number of likely N-dealkylation sites (tertiary alicyclic amines) is 1. The number of carbonyl (C=O) groups is 1. The minimum absolute atomic E-state index is 0.00864. The molecule has 0 spiro atoms. The van der Waals surface area contributed by atoms with Gasteiger partial charge in [0.1, 0.15) is 0 Å². The van der Waals surface area contributed by atoms with E-state index in [4.69, 9.17) is 0 Å². The summed E-state index contributed by atoms with van der Waals surface area (Å²) in [6.45, 7) is 8.86. The predicted molar refractivity (Wildman–Crippen MR) is 96.6 cm³/mol. The van der Waals surface area contributed by atoms with Gasteiger partial charge in [-0.3, -0.25) is 4.79 Å². The smallest absolute Gasteiger partial charge is 0.230 e. The van der Waals surface area contributed by atoms with Gasteiger partial charge < -0.3 is 9.80 Å². The summed E-state index contributed by atoms with van der Waals surface area (Å²) < 4.78 is 0. The number of carbonyl (C=O) groups excluding carboxylic acids is 1. The Labute approximate surface area is 141 Å². The molecule has 1 saturated heterocycles. The molecule has 1 heterocycles. The van der Waals surface area contributed by atoms with Crippen molar-refractivity contribution in [1.29, 1.82) is 0 Å². The fraction of sp³-hybridized carbons (Fsp3) is 0.650. The molecule has 128 valence electrons. The van der Waals surface area contributed by atoms with Gasteiger partial charge in [0, 0.05) is 32.2 Å². The average Bonchev–Trinajstić information content (AvgIpc) is 2.59. The van der Waals surface area contributed by atoms with E-state index in [1.807, 2.05) is 30.1 Å². The highest BCUT2D eigenvalue weighted by Crippen LogP contribution is 2.26. The van der Waals surface area contributed by atoms with Crippen LogP contribution in [0.15, 0.2) is 30.3 Å². The Morgan fingerprint density at radius 1 is 1.22 bits per heavy atom. The molecule has 0 aliphatic carbocycles. The normalized spacial score (nSPS) is 18.1. The van der Waals surface area contributed by atoms with E-state index in [0.29, 0.717) is 18.0 Å². The summed E-state index contributed by atoms with van der Waals surface area (Å²) in [7, 11) is 2.00. The molecule has 0 radical (unpaired) electrons. The molecule has 1 aromatic carbocycles. The second-order valence-corrected chi connectivity index (χ2v) is 7.06. The zero-order valence-electron chi connectivity index (χ0n) is 15.2. The largest absolute Gasteiger partial charge is 0.342 e. The number of amides is 1. The van der Waals surface area contributed by atoms with Crippen LogP contribution in [0.5, 0.6) is 0 Å². The van der Waals surface area contributed by atoms with Crippen LogP contribution >= 0.6 is 0 Å². The lowest BCUT2D eigenvalue weighted by molar-refractivity contribution is -0.134. The zero-order valence-corrected chi connectivity index (χ0v) is 15.2. The molecule has 2 rings (SSSR count). The topological polar surface area (TPSA) is 23.6 Å². The molecular formula is C20H32N2O. The third-order valence-electron chi connectivity index (χ3n) is 5.20. The molecule has 3 nitrogen and oxygen atoms in total. The van der Waals surface area contributed by atoms with Crippen molar-refractivity contribution in [3.63, 3.8) is 0 Å². The van der Waals surface area contributed by atoms with Crippen LogP contribution in [0.3, 0.4) is 0 Å². The van der Waals surface area contributed by atoms with Crippen LogP contribution < -0.4 is 0 Å². The highest BCUT2D eigenvalue weighted by Gasteiger charge is 2.30. The van der Waals surface area contributed by atoms with E-state index in [0.717, 1.165) is 44.3 Å². The molecule has 0 aromatic heterocycles. The van der Waals surface area contributed by atoms with E-state index in [9.17, 15) is 4.79 Å². The fourth-order valence-corrected chi connectivity index (χ4v) is 3.62. The molecule has 1 amide bonds. The van der Waals surface area contributed by atoms with Gasteiger partial charge in [0.05, 0.1) is 5.92 Å². The number of piperidine rings is 1. The van der Waals surface area contributed by atoms with E-state index < -0.39 is 0 Å². The van der Waals surface area contributed by atoms with E-state index in [-0.39, 0.29) is 5.92 Å². The summed E-state index contributed by atoms with van der Waals surface area (Å²) in [6.07, 6.45) is 4.14. The molecule has 1 aliphatic rings. The second-order valence-electron chi connectivity index (χ2n) is 7.06. The number of benzene rings is 1. The van der Waals surface area contributed by atoms with Crippen molar-refractivity contribution in [3.05, 3.63) is 35.9 Å². The van der Waals surface area contributed by atoms with Crippen molar-refractivity contribution in [3.8, 4) is 0 Å². The minimum atomic E-state index is 0.00864. The van der Waals surface area contributed by atoms with Gasteiger partial charge in [0.25, 0.3) is 0 Å². The Kier molecular flexibility index (Phi) is 6.64. The van der Waals surface area contributed by atoms with Crippen LogP contribution in [-0.4, -0.2) is 47.9 Å². The van der Waals surface area contributed by atoms with Gasteiger partial charge in [0.2, 0.25) is 5.91 Å². The SMILES string of the molecule is CCCC(C(=O)N(C)C1CCN(C(C)C)CC1)c1ccccc1. The molecule has 0 N–H and O–H groups in total. The minimum Gasteiger partial charge on any atom is -0.342 e. The third-order valence-corrected chi connectivity index (χ3v) is 5.20. The van der Waals surface area contributed by atoms with Crippen molar-refractivity contribution in [2.75, 3.05) is 20.1 Å². The molecule has 1 aromatic rings.